The summed E-state index contributed by atoms with van der Waals surface area (Å²) in [7, 11) is 0. The van der Waals surface area contributed by atoms with Gasteiger partial charge in [0.25, 0.3) is 0 Å². The van der Waals surface area contributed by atoms with E-state index in [1.54, 1.807) is 0 Å². The second-order valence-electron chi connectivity index (χ2n) is 3.85. The number of aromatic nitrogens is 2. The summed E-state index contributed by atoms with van der Waals surface area (Å²) in [6.07, 6.45) is -1.68. The van der Waals surface area contributed by atoms with Crippen LogP contribution in [0.25, 0.3) is 0 Å². The van der Waals surface area contributed by atoms with Gasteiger partial charge in [-0.1, -0.05) is 11.6 Å². The van der Waals surface area contributed by atoms with Gasteiger partial charge >= 0.3 is 5.69 Å². The van der Waals surface area contributed by atoms with Gasteiger partial charge in [-0.2, -0.15) is 4.98 Å². The van der Waals surface area contributed by atoms with Crippen LogP contribution in [0.15, 0.2) is 11.0 Å². The van der Waals surface area contributed by atoms with E-state index in [1.807, 2.05) is 0 Å². The van der Waals surface area contributed by atoms with Crippen LogP contribution in [-0.4, -0.2) is 44.0 Å². The first-order chi connectivity index (χ1) is 8.45. The van der Waals surface area contributed by atoms with Gasteiger partial charge in [-0.25, -0.2) is 4.79 Å². The van der Waals surface area contributed by atoms with Crippen LogP contribution in [0.5, 0.6) is 0 Å². The van der Waals surface area contributed by atoms with E-state index in [-0.39, 0.29) is 10.8 Å². The molecule has 100 valence electrons. The van der Waals surface area contributed by atoms with Gasteiger partial charge in [0.1, 0.15) is 23.4 Å². The van der Waals surface area contributed by atoms with Crippen LogP contribution in [-0.2, 0) is 4.74 Å². The number of nitrogen functional groups attached to an aromatic ring is 1. The number of aliphatic hydroxyl groups is 2. The van der Waals surface area contributed by atoms with Gasteiger partial charge in [0.15, 0.2) is 6.23 Å². The molecule has 0 aliphatic carbocycles. The van der Waals surface area contributed by atoms with Crippen LogP contribution >= 0.6 is 23.2 Å². The van der Waals surface area contributed by atoms with Crippen molar-refractivity contribution in [3.63, 3.8) is 0 Å². The number of rotatable bonds is 2. The zero-order chi connectivity index (χ0) is 13.4. The van der Waals surface area contributed by atoms with Crippen LogP contribution in [0.1, 0.15) is 6.23 Å². The zero-order valence-electron chi connectivity index (χ0n) is 9.03. The molecule has 1 saturated heterocycles. The smallest absolute Gasteiger partial charge is 0.351 e. The fourth-order valence-electron chi connectivity index (χ4n) is 1.72. The van der Waals surface area contributed by atoms with Crippen molar-refractivity contribution in [3.05, 3.63) is 21.7 Å². The summed E-state index contributed by atoms with van der Waals surface area (Å²) < 4.78 is 6.33. The van der Waals surface area contributed by atoms with E-state index < -0.39 is 36.1 Å². The summed E-state index contributed by atoms with van der Waals surface area (Å²) in [5.41, 5.74) is 4.69. The molecule has 4 N–H and O–H groups in total. The Labute approximate surface area is 112 Å². The summed E-state index contributed by atoms with van der Waals surface area (Å²) >= 11 is 11.7. The molecule has 0 aromatic carbocycles. The Morgan fingerprint density at radius 2 is 2.28 bits per heavy atom. The molecule has 1 aliphatic heterocycles. The van der Waals surface area contributed by atoms with Gasteiger partial charge in [0.2, 0.25) is 0 Å². The number of hydrogen-bond donors (Lipinski definition) is 3. The summed E-state index contributed by atoms with van der Waals surface area (Å²) in [4.78, 5) is 15.2. The number of alkyl halides is 1. The highest BCUT2D eigenvalue weighted by Gasteiger charge is 2.43. The third kappa shape index (κ3) is 2.19. The lowest BCUT2D eigenvalue weighted by Crippen LogP contribution is -2.33. The molecule has 7 nitrogen and oxygen atoms in total. The predicted molar refractivity (Wildman–Crippen MR) is 64.6 cm³/mol. The third-order valence-corrected chi connectivity index (χ3v) is 3.45. The number of hydrogen-bond acceptors (Lipinski definition) is 6. The Morgan fingerprint density at radius 3 is 2.83 bits per heavy atom. The molecule has 2 heterocycles. The third-order valence-electron chi connectivity index (χ3n) is 2.68. The van der Waals surface area contributed by atoms with Crippen LogP contribution in [0.4, 0.5) is 5.82 Å². The van der Waals surface area contributed by atoms with E-state index in [9.17, 15) is 9.90 Å². The normalized spacial score (nSPS) is 31.8. The van der Waals surface area contributed by atoms with Gasteiger partial charge < -0.3 is 20.7 Å². The van der Waals surface area contributed by atoms with E-state index in [0.717, 1.165) is 4.57 Å². The minimum Gasteiger partial charge on any atom is -0.394 e. The lowest BCUT2D eigenvalue weighted by atomic mass is 10.2. The van der Waals surface area contributed by atoms with Crippen LogP contribution in [0.2, 0.25) is 5.02 Å². The fraction of sp³-hybridized carbons (Fsp3) is 0.556. The minimum absolute atomic E-state index is 0.0732. The second kappa shape index (κ2) is 5.02. The second-order valence-corrected chi connectivity index (χ2v) is 4.76. The molecular weight excluding hydrogens is 285 g/mol. The van der Waals surface area contributed by atoms with E-state index in [4.69, 9.17) is 38.8 Å². The Hall–Kier alpha value is -0.860. The first-order valence-corrected chi connectivity index (χ1v) is 5.89. The average Bonchev–Trinajstić information content (AvgIpc) is 2.61. The van der Waals surface area contributed by atoms with Gasteiger partial charge in [0, 0.05) is 6.20 Å². The predicted octanol–water partition coefficient (Wildman–Crippen LogP) is -0.663. The molecule has 1 aliphatic rings. The largest absolute Gasteiger partial charge is 0.394 e. The molecule has 1 aromatic heterocycles. The molecule has 9 heteroatoms. The highest BCUT2D eigenvalue weighted by molar-refractivity contribution is 6.32. The SMILES string of the molecule is Nc1nc(=O)n([C@@H]2O[C@H](CO)[C@H](O)[C@H]2Cl)cc1Cl. The Kier molecular flexibility index (Phi) is 3.79. The molecule has 4 atom stereocenters. The fourth-order valence-corrected chi connectivity index (χ4v) is 2.21. The molecule has 1 aromatic rings. The molecule has 0 bridgehead atoms. The molecular formula is C9H11Cl2N3O4. The number of nitrogens with two attached hydrogens (primary N) is 1. The molecule has 1 fully saturated rings. The van der Waals surface area contributed by atoms with Crippen molar-refractivity contribution in [1.29, 1.82) is 0 Å². The monoisotopic (exact) mass is 295 g/mol. The summed E-state index contributed by atoms with van der Waals surface area (Å²) in [5, 5.41) is 17.9. The maximum Gasteiger partial charge on any atom is 0.351 e. The number of anilines is 1. The van der Waals surface area contributed by atoms with Crippen molar-refractivity contribution in [2.24, 2.45) is 0 Å². The highest BCUT2D eigenvalue weighted by atomic mass is 35.5. The molecule has 0 radical (unpaired) electrons. The topological polar surface area (TPSA) is 111 Å². The standard InChI is InChI=1S/C9H11Cl2N3O4/c10-3-1-14(9(17)13-7(3)12)8-5(11)6(16)4(2-15)18-8/h1,4-6,8,15-16H,2H2,(H2,12,13,17)/t4-,5-,6+,8-/m1/s1. The van der Waals surface area contributed by atoms with Crippen LogP contribution < -0.4 is 11.4 Å². The van der Waals surface area contributed by atoms with Crippen molar-refractivity contribution in [3.8, 4) is 0 Å². The van der Waals surface area contributed by atoms with Crippen molar-refractivity contribution in [2.75, 3.05) is 12.3 Å². The quantitative estimate of drug-likeness (QED) is 0.625. The lowest BCUT2D eigenvalue weighted by Gasteiger charge is -2.16. The number of ether oxygens (including phenoxy) is 1. The van der Waals surface area contributed by atoms with Crippen molar-refractivity contribution in [2.45, 2.75) is 23.8 Å². The van der Waals surface area contributed by atoms with Gasteiger partial charge in [-0.3, -0.25) is 4.57 Å². The lowest BCUT2D eigenvalue weighted by molar-refractivity contribution is -0.0457. The van der Waals surface area contributed by atoms with E-state index in [1.165, 1.54) is 6.20 Å². The van der Waals surface area contributed by atoms with Crippen molar-refractivity contribution in [1.82, 2.24) is 9.55 Å². The number of nitrogens with zero attached hydrogens (tertiary/aromatic N) is 2. The molecule has 0 saturated carbocycles. The van der Waals surface area contributed by atoms with Gasteiger partial charge in [-0.15, -0.1) is 11.6 Å². The zero-order valence-corrected chi connectivity index (χ0v) is 10.5. The Bertz CT molecular complexity index is 509. The maximum atomic E-state index is 11.7. The molecule has 0 amide bonds. The van der Waals surface area contributed by atoms with Gasteiger partial charge in [-0.05, 0) is 0 Å². The van der Waals surface area contributed by atoms with Crippen molar-refractivity contribution < 1.29 is 14.9 Å². The number of aliphatic hydroxyl groups excluding tert-OH is 2. The van der Waals surface area contributed by atoms with E-state index >= 15 is 0 Å². The Morgan fingerprint density at radius 1 is 1.61 bits per heavy atom. The molecule has 18 heavy (non-hydrogen) atoms. The maximum absolute atomic E-state index is 11.7. The van der Waals surface area contributed by atoms with Gasteiger partial charge in [0.05, 0.1) is 11.6 Å². The molecule has 0 spiro atoms. The number of halogens is 2. The summed E-state index contributed by atoms with van der Waals surface area (Å²) in [6, 6.07) is 0. The first kappa shape index (κ1) is 13.6. The highest BCUT2D eigenvalue weighted by Crippen LogP contribution is 2.32. The minimum atomic E-state index is -1.09. The van der Waals surface area contributed by atoms with Crippen molar-refractivity contribution >= 4 is 29.0 Å². The Balaban J connectivity index is 2.39. The van der Waals surface area contributed by atoms with E-state index in [0.29, 0.717) is 0 Å². The molecule has 2 rings (SSSR count). The molecule has 0 unspecified atom stereocenters. The summed E-state index contributed by atoms with van der Waals surface area (Å²) in [6.45, 7) is -0.411. The van der Waals surface area contributed by atoms with Crippen LogP contribution in [0.3, 0.4) is 0 Å². The van der Waals surface area contributed by atoms with Crippen LogP contribution in [0, 0.1) is 0 Å². The van der Waals surface area contributed by atoms with E-state index in [2.05, 4.69) is 4.98 Å². The first-order valence-electron chi connectivity index (χ1n) is 5.08. The summed E-state index contributed by atoms with van der Waals surface area (Å²) in [5.74, 6) is -0.0960. The average molecular weight is 296 g/mol.